The number of nitrogens with two attached hydrogens (primary N) is 1. The van der Waals surface area contributed by atoms with Gasteiger partial charge in [-0.2, -0.15) is 0 Å². The van der Waals surface area contributed by atoms with E-state index >= 15 is 0 Å². The second-order valence-corrected chi connectivity index (χ2v) is 7.74. The van der Waals surface area contributed by atoms with E-state index in [0.717, 1.165) is 4.47 Å². The molecule has 1 heterocycles. The number of halogens is 1. The minimum Gasteiger partial charge on any atom is -0.399 e. The predicted octanol–water partition coefficient (Wildman–Crippen LogP) is 2.12. The highest BCUT2D eigenvalue weighted by Crippen LogP contribution is 2.26. The fourth-order valence-corrected chi connectivity index (χ4v) is 4.80. The Kier molecular flexibility index (Phi) is 3.99. The summed E-state index contributed by atoms with van der Waals surface area (Å²) < 4.78 is 30.7. The third-order valence-electron chi connectivity index (χ3n) is 3.12. The van der Waals surface area contributed by atoms with Gasteiger partial charge < -0.3 is 10.5 Å². The lowest BCUT2D eigenvalue weighted by Gasteiger charge is -2.15. The molecular formula is C12H16BrNO3S. The van der Waals surface area contributed by atoms with Gasteiger partial charge in [0.2, 0.25) is 0 Å². The Balaban J connectivity index is 2.22. The zero-order valence-electron chi connectivity index (χ0n) is 10.1. The van der Waals surface area contributed by atoms with Crippen molar-refractivity contribution in [3.05, 3.63) is 28.2 Å². The van der Waals surface area contributed by atoms with Crippen molar-refractivity contribution in [1.29, 1.82) is 0 Å². The van der Waals surface area contributed by atoms with Gasteiger partial charge in [-0.3, -0.25) is 0 Å². The number of hydrogen-bond donors (Lipinski definition) is 1. The van der Waals surface area contributed by atoms with Crippen LogP contribution in [0.4, 0.5) is 5.69 Å². The van der Waals surface area contributed by atoms with Crippen molar-refractivity contribution in [1.82, 2.24) is 0 Å². The van der Waals surface area contributed by atoms with Crippen molar-refractivity contribution in [3.63, 3.8) is 0 Å². The molecule has 0 bridgehead atoms. The molecule has 4 nitrogen and oxygen atoms in total. The van der Waals surface area contributed by atoms with Crippen LogP contribution in [0.2, 0.25) is 0 Å². The van der Waals surface area contributed by atoms with Gasteiger partial charge in [-0.15, -0.1) is 0 Å². The van der Waals surface area contributed by atoms with E-state index in [-0.39, 0.29) is 11.9 Å². The maximum atomic E-state index is 12.3. The van der Waals surface area contributed by atoms with E-state index in [1.807, 2.05) is 6.92 Å². The lowest BCUT2D eigenvalue weighted by molar-refractivity contribution is 0.126. The van der Waals surface area contributed by atoms with Gasteiger partial charge in [0.05, 0.1) is 17.1 Å². The SMILES string of the molecule is CC1OCCC1S(=O)(=O)Cc1cc(N)cc(Br)c1. The molecule has 1 aliphatic rings. The zero-order chi connectivity index (χ0) is 13.3. The van der Waals surface area contributed by atoms with E-state index in [2.05, 4.69) is 15.9 Å². The number of ether oxygens (including phenoxy) is 1. The minimum atomic E-state index is -3.20. The summed E-state index contributed by atoms with van der Waals surface area (Å²) in [6, 6.07) is 5.23. The highest BCUT2D eigenvalue weighted by molar-refractivity contribution is 9.10. The molecule has 1 aromatic rings. The molecule has 1 fully saturated rings. The first-order chi connectivity index (χ1) is 8.38. The Hall–Kier alpha value is -0.590. The average molecular weight is 334 g/mol. The van der Waals surface area contributed by atoms with E-state index in [4.69, 9.17) is 10.5 Å². The smallest absolute Gasteiger partial charge is 0.159 e. The molecule has 6 heteroatoms. The van der Waals surface area contributed by atoms with Gasteiger partial charge in [0.15, 0.2) is 9.84 Å². The van der Waals surface area contributed by atoms with Gasteiger partial charge >= 0.3 is 0 Å². The van der Waals surface area contributed by atoms with Crippen molar-refractivity contribution in [2.24, 2.45) is 0 Å². The summed E-state index contributed by atoms with van der Waals surface area (Å²) in [7, 11) is -3.20. The zero-order valence-corrected chi connectivity index (χ0v) is 12.5. The number of rotatable bonds is 3. The van der Waals surface area contributed by atoms with Crippen LogP contribution >= 0.6 is 15.9 Å². The molecule has 2 atom stereocenters. The second kappa shape index (κ2) is 5.19. The number of nitrogen functional groups attached to an aromatic ring is 1. The van der Waals surface area contributed by atoms with Crippen LogP contribution in [0.25, 0.3) is 0 Å². The normalized spacial score (nSPS) is 24.3. The number of sulfone groups is 1. The third-order valence-corrected chi connectivity index (χ3v) is 5.85. The molecule has 100 valence electrons. The van der Waals surface area contributed by atoms with E-state index < -0.39 is 15.1 Å². The lowest BCUT2D eigenvalue weighted by Crippen LogP contribution is -2.29. The summed E-state index contributed by atoms with van der Waals surface area (Å²) in [6.45, 7) is 2.33. The number of benzene rings is 1. The Morgan fingerprint density at radius 3 is 2.72 bits per heavy atom. The minimum absolute atomic E-state index is 0.00894. The molecule has 0 amide bonds. The van der Waals surface area contributed by atoms with E-state index in [9.17, 15) is 8.42 Å². The summed E-state index contributed by atoms with van der Waals surface area (Å²) in [5.74, 6) is 0.00894. The summed E-state index contributed by atoms with van der Waals surface area (Å²) in [4.78, 5) is 0. The monoisotopic (exact) mass is 333 g/mol. The molecule has 2 unspecified atom stereocenters. The largest absolute Gasteiger partial charge is 0.399 e. The lowest BCUT2D eigenvalue weighted by atomic mass is 10.2. The molecule has 0 aliphatic carbocycles. The van der Waals surface area contributed by atoms with E-state index in [1.165, 1.54) is 0 Å². The molecule has 0 spiro atoms. The standard InChI is InChI=1S/C12H16BrNO3S/c1-8-12(2-3-17-8)18(15,16)7-9-4-10(13)6-11(14)5-9/h4-6,8,12H,2-3,7,14H2,1H3. The van der Waals surface area contributed by atoms with Crippen LogP contribution in [-0.4, -0.2) is 26.4 Å². The van der Waals surface area contributed by atoms with Crippen LogP contribution in [-0.2, 0) is 20.3 Å². The van der Waals surface area contributed by atoms with Crippen molar-refractivity contribution >= 4 is 31.5 Å². The summed E-state index contributed by atoms with van der Waals surface area (Å²) in [6.07, 6.45) is 0.354. The van der Waals surface area contributed by atoms with Crippen LogP contribution in [0.5, 0.6) is 0 Å². The Bertz CT molecular complexity index is 524. The molecule has 0 saturated carbocycles. The second-order valence-electron chi connectivity index (χ2n) is 4.60. The van der Waals surface area contributed by atoms with Crippen LogP contribution in [0.15, 0.2) is 22.7 Å². The first-order valence-electron chi connectivity index (χ1n) is 5.76. The van der Waals surface area contributed by atoms with Gasteiger partial charge in [0, 0.05) is 16.8 Å². The third kappa shape index (κ3) is 3.05. The molecule has 1 saturated heterocycles. The molecule has 0 aromatic heterocycles. The Morgan fingerprint density at radius 2 is 2.17 bits per heavy atom. The molecule has 18 heavy (non-hydrogen) atoms. The average Bonchev–Trinajstić information content (AvgIpc) is 2.62. The quantitative estimate of drug-likeness (QED) is 0.860. The van der Waals surface area contributed by atoms with Crippen molar-refractivity contribution in [2.75, 3.05) is 12.3 Å². The Labute approximate surface area is 116 Å². The van der Waals surface area contributed by atoms with Crippen LogP contribution in [0, 0.1) is 0 Å². The number of hydrogen-bond acceptors (Lipinski definition) is 4. The van der Waals surface area contributed by atoms with Crippen LogP contribution in [0.1, 0.15) is 18.9 Å². The molecule has 2 N–H and O–H groups in total. The van der Waals surface area contributed by atoms with Gasteiger partial charge in [-0.05, 0) is 37.1 Å². The van der Waals surface area contributed by atoms with Crippen LogP contribution < -0.4 is 5.73 Å². The number of anilines is 1. The van der Waals surface area contributed by atoms with Gasteiger partial charge in [-0.1, -0.05) is 15.9 Å². The first kappa shape index (κ1) is 13.8. The Morgan fingerprint density at radius 1 is 1.44 bits per heavy atom. The first-order valence-corrected chi connectivity index (χ1v) is 8.27. The topological polar surface area (TPSA) is 69.4 Å². The van der Waals surface area contributed by atoms with Crippen molar-refractivity contribution in [3.8, 4) is 0 Å². The fraction of sp³-hybridized carbons (Fsp3) is 0.500. The van der Waals surface area contributed by atoms with Gasteiger partial charge in [-0.25, -0.2) is 8.42 Å². The maximum absolute atomic E-state index is 12.3. The molecule has 1 aliphatic heterocycles. The highest BCUT2D eigenvalue weighted by atomic mass is 79.9. The molecule has 0 radical (unpaired) electrons. The van der Waals surface area contributed by atoms with Gasteiger partial charge in [0.1, 0.15) is 0 Å². The molecule has 1 aromatic carbocycles. The maximum Gasteiger partial charge on any atom is 0.159 e. The van der Waals surface area contributed by atoms with Gasteiger partial charge in [0.25, 0.3) is 0 Å². The van der Waals surface area contributed by atoms with Crippen molar-refractivity contribution in [2.45, 2.75) is 30.5 Å². The molecular weight excluding hydrogens is 318 g/mol. The summed E-state index contributed by atoms with van der Waals surface area (Å²) in [5, 5.41) is -0.405. The summed E-state index contributed by atoms with van der Waals surface area (Å²) >= 11 is 3.32. The van der Waals surface area contributed by atoms with E-state index in [1.54, 1.807) is 18.2 Å². The van der Waals surface area contributed by atoms with E-state index in [0.29, 0.717) is 24.3 Å². The predicted molar refractivity (Wildman–Crippen MR) is 75.0 cm³/mol. The summed E-state index contributed by atoms with van der Waals surface area (Å²) in [5.41, 5.74) is 6.98. The molecule has 2 rings (SSSR count). The highest BCUT2D eigenvalue weighted by Gasteiger charge is 2.35. The fourth-order valence-electron chi connectivity index (χ4n) is 2.28. The van der Waals surface area contributed by atoms with Crippen molar-refractivity contribution < 1.29 is 13.2 Å². The van der Waals surface area contributed by atoms with Crippen LogP contribution in [0.3, 0.4) is 0 Å².